The number of nitrogens with zero attached hydrogens (tertiary/aromatic N) is 2. The molecule has 2 rings (SSSR count). The number of hydrogen-bond acceptors (Lipinski definition) is 2. The molecule has 0 atom stereocenters. The van der Waals surface area contributed by atoms with Crippen molar-refractivity contribution in [2.75, 3.05) is 0 Å². The molecule has 1 heterocycles. The quantitative estimate of drug-likeness (QED) is 0.768. The minimum absolute atomic E-state index is 0.180. The average molecular weight is 269 g/mol. The molecule has 1 aromatic heterocycles. The monoisotopic (exact) mass is 268 g/mol. The molecule has 0 fully saturated rings. The van der Waals surface area contributed by atoms with Gasteiger partial charge in [-0.15, -0.1) is 11.6 Å². The molecule has 1 aromatic carbocycles. The van der Waals surface area contributed by atoms with Crippen molar-refractivity contribution in [2.45, 2.75) is 25.8 Å². The van der Waals surface area contributed by atoms with E-state index in [9.17, 15) is 4.39 Å². The zero-order chi connectivity index (χ0) is 13.0. The van der Waals surface area contributed by atoms with E-state index in [2.05, 4.69) is 12.0 Å². The van der Waals surface area contributed by atoms with E-state index in [-0.39, 0.29) is 11.6 Å². The molecule has 0 aliphatic rings. The molecule has 0 bridgehead atoms. The van der Waals surface area contributed by atoms with Gasteiger partial charge >= 0.3 is 0 Å². The third kappa shape index (κ3) is 3.01. The number of aryl methyl sites for hydroxylation is 1. The number of rotatable bonds is 5. The molecule has 2 aromatic rings. The smallest absolute Gasteiger partial charge is 0.166 e. The highest BCUT2D eigenvalue weighted by Gasteiger charge is 2.07. The van der Waals surface area contributed by atoms with Crippen molar-refractivity contribution < 1.29 is 9.13 Å². The normalized spacial score (nSPS) is 10.6. The van der Waals surface area contributed by atoms with E-state index < -0.39 is 5.82 Å². The Balaban J connectivity index is 2.12. The topological polar surface area (TPSA) is 27.1 Å². The van der Waals surface area contributed by atoms with Gasteiger partial charge in [-0.05, 0) is 24.1 Å². The molecule has 0 amide bonds. The van der Waals surface area contributed by atoms with Crippen LogP contribution in [0.1, 0.15) is 18.9 Å². The van der Waals surface area contributed by atoms with Crippen LogP contribution in [-0.2, 0) is 12.4 Å². The van der Waals surface area contributed by atoms with Crippen LogP contribution in [0.15, 0.2) is 30.6 Å². The van der Waals surface area contributed by atoms with Gasteiger partial charge in [0.2, 0.25) is 0 Å². The lowest BCUT2D eigenvalue weighted by atomic mass is 10.2. The molecule has 18 heavy (non-hydrogen) atoms. The summed E-state index contributed by atoms with van der Waals surface area (Å²) >= 11 is 5.63. The Kier molecular flexibility index (Phi) is 4.20. The van der Waals surface area contributed by atoms with Gasteiger partial charge in [0.15, 0.2) is 17.3 Å². The third-order valence-electron chi connectivity index (χ3n) is 2.44. The Labute approximate surface area is 110 Å². The van der Waals surface area contributed by atoms with Gasteiger partial charge in [-0.25, -0.2) is 4.39 Å². The van der Waals surface area contributed by atoms with Crippen molar-refractivity contribution in [3.05, 3.63) is 42.0 Å². The predicted molar refractivity (Wildman–Crippen MR) is 68.5 cm³/mol. The molecule has 0 saturated heterocycles. The summed E-state index contributed by atoms with van der Waals surface area (Å²) in [4.78, 5) is 0. The number of hydrogen-bond donors (Lipinski definition) is 0. The summed E-state index contributed by atoms with van der Waals surface area (Å²) < 4.78 is 20.9. The van der Waals surface area contributed by atoms with E-state index in [4.69, 9.17) is 16.3 Å². The lowest BCUT2D eigenvalue weighted by Crippen LogP contribution is -1.95. The number of ether oxygens (including phenoxy) is 1. The second-order valence-corrected chi connectivity index (χ2v) is 4.21. The van der Waals surface area contributed by atoms with Crippen LogP contribution in [0, 0.1) is 5.82 Å². The van der Waals surface area contributed by atoms with E-state index in [0.29, 0.717) is 5.75 Å². The number of alkyl halides is 1. The largest absolute Gasteiger partial charge is 0.451 e. The zero-order valence-electron chi connectivity index (χ0n) is 10.1. The number of aromatic nitrogens is 2. The molecule has 0 unspecified atom stereocenters. The molecular formula is C13H14ClFN2O. The minimum atomic E-state index is -0.420. The maximum Gasteiger partial charge on any atom is 0.166 e. The average Bonchev–Trinajstić information content (AvgIpc) is 2.80. The van der Waals surface area contributed by atoms with Crippen LogP contribution in [0.25, 0.3) is 0 Å². The van der Waals surface area contributed by atoms with Crippen molar-refractivity contribution in [1.82, 2.24) is 9.78 Å². The van der Waals surface area contributed by atoms with E-state index in [1.165, 1.54) is 6.07 Å². The molecular weight excluding hydrogens is 255 g/mol. The SMILES string of the molecule is CCCn1cc(Oc2ccc(CCl)cc2F)cn1. The van der Waals surface area contributed by atoms with Crippen molar-refractivity contribution in [1.29, 1.82) is 0 Å². The maximum absolute atomic E-state index is 13.7. The zero-order valence-corrected chi connectivity index (χ0v) is 10.8. The highest BCUT2D eigenvalue weighted by Crippen LogP contribution is 2.25. The Hall–Kier alpha value is -1.55. The Morgan fingerprint density at radius 1 is 1.44 bits per heavy atom. The van der Waals surface area contributed by atoms with Crippen LogP contribution in [0.3, 0.4) is 0 Å². The summed E-state index contributed by atoms with van der Waals surface area (Å²) in [6, 6.07) is 4.69. The summed E-state index contributed by atoms with van der Waals surface area (Å²) in [5, 5.41) is 4.11. The lowest BCUT2D eigenvalue weighted by molar-refractivity contribution is 0.440. The van der Waals surface area contributed by atoms with Gasteiger partial charge in [0.1, 0.15) is 0 Å². The van der Waals surface area contributed by atoms with E-state index in [1.54, 1.807) is 29.2 Å². The molecule has 5 heteroatoms. The van der Waals surface area contributed by atoms with E-state index in [0.717, 1.165) is 18.5 Å². The van der Waals surface area contributed by atoms with Crippen molar-refractivity contribution in [3.8, 4) is 11.5 Å². The van der Waals surface area contributed by atoms with Crippen LogP contribution in [0.2, 0.25) is 0 Å². The molecule has 0 N–H and O–H groups in total. The van der Waals surface area contributed by atoms with Gasteiger partial charge in [0, 0.05) is 12.4 Å². The number of benzene rings is 1. The summed E-state index contributed by atoms with van der Waals surface area (Å²) in [6.45, 7) is 2.88. The standard InChI is InChI=1S/C13H14ClFN2O/c1-2-5-17-9-11(8-16-17)18-13-4-3-10(7-14)6-12(13)15/h3-4,6,8-9H,2,5,7H2,1H3. The molecule has 0 spiro atoms. The van der Waals surface area contributed by atoms with Crippen LogP contribution >= 0.6 is 11.6 Å². The minimum Gasteiger partial charge on any atom is -0.451 e. The van der Waals surface area contributed by atoms with Crippen LogP contribution < -0.4 is 4.74 Å². The Morgan fingerprint density at radius 3 is 2.94 bits per heavy atom. The van der Waals surface area contributed by atoms with E-state index >= 15 is 0 Å². The Morgan fingerprint density at radius 2 is 2.28 bits per heavy atom. The van der Waals surface area contributed by atoms with Crippen molar-refractivity contribution >= 4 is 11.6 Å². The fourth-order valence-electron chi connectivity index (χ4n) is 1.59. The third-order valence-corrected chi connectivity index (χ3v) is 2.75. The fraction of sp³-hybridized carbons (Fsp3) is 0.308. The first-order valence-electron chi connectivity index (χ1n) is 5.77. The summed E-state index contributed by atoms with van der Waals surface area (Å²) in [6.07, 6.45) is 4.31. The summed E-state index contributed by atoms with van der Waals surface area (Å²) in [7, 11) is 0. The maximum atomic E-state index is 13.7. The van der Waals surface area contributed by atoms with Crippen LogP contribution in [-0.4, -0.2) is 9.78 Å². The first-order chi connectivity index (χ1) is 8.72. The summed E-state index contributed by atoms with van der Waals surface area (Å²) in [5.41, 5.74) is 0.725. The molecule has 0 aliphatic heterocycles. The van der Waals surface area contributed by atoms with Crippen molar-refractivity contribution in [2.24, 2.45) is 0 Å². The van der Waals surface area contributed by atoms with Crippen LogP contribution in [0.5, 0.6) is 11.5 Å². The van der Waals surface area contributed by atoms with Gasteiger partial charge in [-0.1, -0.05) is 13.0 Å². The van der Waals surface area contributed by atoms with Crippen molar-refractivity contribution in [3.63, 3.8) is 0 Å². The van der Waals surface area contributed by atoms with Gasteiger partial charge in [0.05, 0.1) is 12.4 Å². The van der Waals surface area contributed by atoms with Gasteiger partial charge in [-0.3, -0.25) is 4.68 Å². The molecule has 3 nitrogen and oxygen atoms in total. The highest BCUT2D eigenvalue weighted by molar-refractivity contribution is 6.17. The summed E-state index contributed by atoms with van der Waals surface area (Å²) in [5.74, 6) is 0.573. The van der Waals surface area contributed by atoms with E-state index in [1.807, 2.05) is 0 Å². The van der Waals surface area contributed by atoms with Gasteiger partial charge in [0.25, 0.3) is 0 Å². The Bertz CT molecular complexity index is 527. The second-order valence-electron chi connectivity index (χ2n) is 3.94. The second kappa shape index (κ2) is 5.87. The van der Waals surface area contributed by atoms with Gasteiger partial charge in [-0.2, -0.15) is 5.10 Å². The molecule has 96 valence electrons. The number of halogens is 2. The van der Waals surface area contributed by atoms with Crippen LogP contribution in [0.4, 0.5) is 4.39 Å². The first kappa shape index (κ1) is 12.9. The predicted octanol–water partition coefficient (Wildman–Crippen LogP) is 3.96. The lowest BCUT2D eigenvalue weighted by Gasteiger charge is -2.05. The van der Waals surface area contributed by atoms with Gasteiger partial charge < -0.3 is 4.74 Å². The molecule has 0 saturated carbocycles. The molecule has 0 aliphatic carbocycles. The molecule has 0 radical (unpaired) electrons. The highest BCUT2D eigenvalue weighted by atomic mass is 35.5. The first-order valence-corrected chi connectivity index (χ1v) is 6.31. The fourth-order valence-corrected chi connectivity index (χ4v) is 1.75.